The predicted molar refractivity (Wildman–Crippen MR) is 51.9 cm³/mol. The Kier molecular flexibility index (Phi) is 2.71. The van der Waals surface area contributed by atoms with Crippen LogP contribution in [0.3, 0.4) is 0 Å². The molecular weight excluding hydrogens is 184 g/mol. The predicted octanol–water partition coefficient (Wildman–Crippen LogP) is 1.08. The molecule has 0 saturated carbocycles. The molecular formula is C9H10N2O3. The average molecular weight is 194 g/mol. The molecule has 74 valence electrons. The van der Waals surface area contributed by atoms with E-state index in [1.165, 1.54) is 6.07 Å². The number of carboxylic acid groups (broad SMARTS) is 1. The van der Waals surface area contributed by atoms with Crippen LogP contribution in [-0.4, -0.2) is 22.5 Å². The second-order valence-corrected chi connectivity index (χ2v) is 2.85. The first-order chi connectivity index (χ1) is 6.56. The monoisotopic (exact) mass is 194 g/mol. The van der Waals surface area contributed by atoms with Gasteiger partial charge in [0.05, 0.1) is 11.8 Å². The molecule has 0 aliphatic rings. The summed E-state index contributed by atoms with van der Waals surface area (Å²) in [5.74, 6) is -1.10. The minimum absolute atomic E-state index is 0.0138. The van der Waals surface area contributed by atoms with Crippen LogP contribution in [-0.2, 0) is 0 Å². The number of hydrogen-bond acceptors (Lipinski definition) is 4. The molecule has 0 aliphatic carbocycles. The summed E-state index contributed by atoms with van der Waals surface area (Å²) >= 11 is 0. The zero-order valence-corrected chi connectivity index (χ0v) is 7.56. The highest BCUT2D eigenvalue weighted by Gasteiger charge is 2.10. The van der Waals surface area contributed by atoms with Gasteiger partial charge in [0.15, 0.2) is 0 Å². The lowest BCUT2D eigenvalue weighted by atomic mass is 10.0. The molecule has 1 rings (SSSR count). The Hall–Kier alpha value is -2.04. The first-order valence-corrected chi connectivity index (χ1v) is 3.87. The zero-order valence-electron chi connectivity index (χ0n) is 7.56. The number of nitrogens with zero attached hydrogens (tertiary/aromatic N) is 1. The van der Waals surface area contributed by atoms with Crippen molar-refractivity contribution in [1.29, 1.82) is 0 Å². The summed E-state index contributed by atoms with van der Waals surface area (Å²) in [6.45, 7) is 1.69. The van der Waals surface area contributed by atoms with E-state index >= 15 is 0 Å². The highest BCUT2D eigenvalue weighted by Crippen LogP contribution is 2.18. The van der Waals surface area contributed by atoms with Gasteiger partial charge in [-0.05, 0) is 30.2 Å². The maximum absolute atomic E-state index is 10.7. The molecule has 0 radical (unpaired) electrons. The van der Waals surface area contributed by atoms with Gasteiger partial charge in [-0.1, -0.05) is 5.16 Å². The van der Waals surface area contributed by atoms with E-state index in [0.717, 1.165) is 6.21 Å². The number of nitrogens with two attached hydrogens (primary N) is 1. The fourth-order valence-electron chi connectivity index (χ4n) is 1.14. The van der Waals surface area contributed by atoms with Crippen molar-refractivity contribution in [2.45, 2.75) is 6.92 Å². The minimum atomic E-state index is -1.10. The molecule has 0 aromatic heterocycles. The molecule has 4 N–H and O–H groups in total. The van der Waals surface area contributed by atoms with Crippen molar-refractivity contribution < 1.29 is 15.1 Å². The first kappa shape index (κ1) is 10.0. The fourth-order valence-corrected chi connectivity index (χ4v) is 1.14. The van der Waals surface area contributed by atoms with Crippen molar-refractivity contribution in [3.63, 3.8) is 0 Å². The van der Waals surface area contributed by atoms with Gasteiger partial charge in [-0.2, -0.15) is 0 Å². The second kappa shape index (κ2) is 3.78. The van der Waals surface area contributed by atoms with Crippen LogP contribution in [0.5, 0.6) is 0 Å². The Bertz CT molecular complexity index is 399. The Morgan fingerprint density at radius 3 is 2.71 bits per heavy atom. The topological polar surface area (TPSA) is 95.9 Å². The van der Waals surface area contributed by atoms with Gasteiger partial charge in [-0.3, -0.25) is 0 Å². The molecule has 0 spiro atoms. The number of carbonyl (C=O) groups is 1. The number of oxime groups is 1. The second-order valence-electron chi connectivity index (χ2n) is 2.85. The van der Waals surface area contributed by atoms with E-state index in [-0.39, 0.29) is 11.3 Å². The Morgan fingerprint density at radius 1 is 1.57 bits per heavy atom. The summed E-state index contributed by atoms with van der Waals surface area (Å²) in [5.41, 5.74) is 6.94. The van der Waals surface area contributed by atoms with Crippen LogP contribution in [0.25, 0.3) is 0 Å². The van der Waals surface area contributed by atoms with E-state index in [9.17, 15) is 4.79 Å². The number of benzene rings is 1. The van der Waals surface area contributed by atoms with Crippen LogP contribution in [0, 0.1) is 6.92 Å². The molecule has 5 heteroatoms. The minimum Gasteiger partial charge on any atom is -0.478 e. The molecule has 0 bridgehead atoms. The van der Waals surface area contributed by atoms with Gasteiger partial charge in [0.2, 0.25) is 0 Å². The molecule has 0 saturated heterocycles. The smallest absolute Gasteiger partial charge is 0.337 e. The molecule has 0 aliphatic heterocycles. The highest BCUT2D eigenvalue weighted by atomic mass is 16.4. The molecule has 0 heterocycles. The number of rotatable bonds is 2. The lowest BCUT2D eigenvalue weighted by Crippen LogP contribution is -2.05. The standard InChI is InChI=1S/C9H10N2O3/c1-5-2-6(4-11-14)3-7(8(5)10)9(12)13/h2-4,14H,10H2,1H3,(H,12,13)/b11-4+. The van der Waals surface area contributed by atoms with Gasteiger partial charge in [0.25, 0.3) is 0 Å². The Labute approximate surface area is 80.5 Å². The molecule has 1 aromatic rings. The van der Waals surface area contributed by atoms with E-state index < -0.39 is 5.97 Å². The maximum Gasteiger partial charge on any atom is 0.337 e. The number of aryl methyl sites for hydroxylation is 1. The summed E-state index contributed by atoms with van der Waals surface area (Å²) in [4.78, 5) is 10.7. The molecule has 1 aromatic carbocycles. The van der Waals surface area contributed by atoms with Crippen LogP contribution < -0.4 is 5.73 Å². The van der Waals surface area contributed by atoms with Crippen molar-refractivity contribution >= 4 is 17.9 Å². The maximum atomic E-state index is 10.7. The van der Waals surface area contributed by atoms with Gasteiger partial charge in [-0.25, -0.2) is 4.79 Å². The summed E-state index contributed by atoms with van der Waals surface area (Å²) < 4.78 is 0. The Morgan fingerprint density at radius 2 is 2.21 bits per heavy atom. The third kappa shape index (κ3) is 1.82. The number of anilines is 1. The van der Waals surface area contributed by atoms with Crippen molar-refractivity contribution in [3.05, 3.63) is 28.8 Å². The average Bonchev–Trinajstić information content (AvgIpc) is 2.11. The third-order valence-corrected chi connectivity index (χ3v) is 1.85. The van der Waals surface area contributed by atoms with Gasteiger partial charge in [0, 0.05) is 5.69 Å². The van der Waals surface area contributed by atoms with E-state index in [4.69, 9.17) is 16.0 Å². The molecule has 5 nitrogen and oxygen atoms in total. The quantitative estimate of drug-likeness (QED) is 0.284. The van der Waals surface area contributed by atoms with E-state index in [1.54, 1.807) is 13.0 Å². The van der Waals surface area contributed by atoms with Crippen LogP contribution in [0.2, 0.25) is 0 Å². The zero-order chi connectivity index (χ0) is 10.7. The van der Waals surface area contributed by atoms with Crippen molar-refractivity contribution in [1.82, 2.24) is 0 Å². The SMILES string of the molecule is Cc1cc(/C=N/O)cc(C(=O)O)c1N. The summed E-state index contributed by atoms with van der Waals surface area (Å²) in [6.07, 6.45) is 1.15. The summed E-state index contributed by atoms with van der Waals surface area (Å²) in [7, 11) is 0. The van der Waals surface area contributed by atoms with Gasteiger partial charge < -0.3 is 16.0 Å². The molecule has 0 fully saturated rings. The lowest BCUT2D eigenvalue weighted by Gasteiger charge is -2.05. The van der Waals surface area contributed by atoms with Crippen molar-refractivity contribution in [2.75, 3.05) is 5.73 Å². The summed E-state index contributed by atoms with van der Waals surface area (Å²) in [6, 6.07) is 2.99. The van der Waals surface area contributed by atoms with E-state index in [0.29, 0.717) is 11.1 Å². The van der Waals surface area contributed by atoms with Crippen LogP contribution in [0.4, 0.5) is 5.69 Å². The number of hydrogen-bond donors (Lipinski definition) is 3. The lowest BCUT2D eigenvalue weighted by molar-refractivity contribution is 0.0698. The van der Waals surface area contributed by atoms with E-state index in [1.807, 2.05) is 0 Å². The number of nitrogen functional groups attached to an aromatic ring is 1. The van der Waals surface area contributed by atoms with Crippen LogP contribution in [0.15, 0.2) is 17.3 Å². The fraction of sp³-hybridized carbons (Fsp3) is 0.111. The van der Waals surface area contributed by atoms with Gasteiger partial charge >= 0.3 is 5.97 Å². The summed E-state index contributed by atoms with van der Waals surface area (Å²) in [5, 5.41) is 19.9. The highest BCUT2D eigenvalue weighted by molar-refractivity contribution is 5.97. The number of aromatic carboxylic acids is 1. The first-order valence-electron chi connectivity index (χ1n) is 3.87. The molecule has 0 amide bonds. The largest absolute Gasteiger partial charge is 0.478 e. The Balaban J connectivity index is 3.35. The van der Waals surface area contributed by atoms with Crippen molar-refractivity contribution in [2.24, 2.45) is 5.16 Å². The molecule has 0 atom stereocenters. The van der Waals surface area contributed by atoms with Crippen LogP contribution in [0.1, 0.15) is 21.5 Å². The van der Waals surface area contributed by atoms with E-state index in [2.05, 4.69) is 5.16 Å². The van der Waals surface area contributed by atoms with Gasteiger partial charge in [-0.15, -0.1) is 0 Å². The normalized spacial score (nSPS) is 10.6. The number of carboxylic acids is 1. The van der Waals surface area contributed by atoms with Crippen LogP contribution >= 0.6 is 0 Å². The van der Waals surface area contributed by atoms with Gasteiger partial charge in [0.1, 0.15) is 0 Å². The molecule has 0 unspecified atom stereocenters. The van der Waals surface area contributed by atoms with Crippen molar-refractivity contribution in [3.8, 4) is 0 Å². The third-order valence-electron chi connectivity index (χ3n) is 1.85. The molecule has 14 heavy (non-hydrogen) atoms.